The van der Waals surface area contributed by atoms with Crippen LogP contribution in [0.25, 0.3) is 0 Å². The number of hydrogen-bond acceptors (Lipinski definition) is 4. The Hall–Kier alpha value is -1.92. The van der Waals surface area contributed by atoms with Gasteiger partial charge in [-0.3, -0.25) is 14.5 Å². The Kier molecular flexibility index (Phi) is 5.62. The summed E-state index contributed by atoms with van der Waals surface area (Å²) in [4.78, 5) is 27.8. The molecule has 0 spiro atoms. The van der Waals surface area contributed by atoms with Crippen molar-refractivity contribution in [2.45, 2.75) is 26.9 Å². The minimum Gasteiger partial charge on any atom is -0.391 e. The third kappa shape index (κ3) is 4.55. The summed E-state index contributed by atoms with van der Waals surface area (Å²) in [6.07, 6.45) is -0.396. The summed E-state index contributed by atoms with van der Waals surface area (Å²) in [6.45, 7) is 9.34. The summed E-state index contributed by atoms with van der Waals surface area (Å²) in [6, 6.07) is 6.51. The molecule has 132 valence electrons. The maximum Gasteiger partial charge on any atom is 0.253 e. The summed E-state index contributed by atoms with van der Waals surface area (Å²) < 4.78 is 0. The van der Waals surface area contributed by atoms with E-state index in [9.17, 15) is 14.7 Å². The lowest BCUT2D eigenvalue weighted by Crippen LogP contribution is -2.51. The van der Waals surface area contributed by atoms with Crippen LogP contribution >= 0.6 is 0 Å². The Bertz CT molecular complexity index is 602. The fraction of sp³-hybridized carbons (Fsp3) is 0.556. The number of rotatable bonds is 4. The largest absolute Gasteiger partial charge is 0.391 e. The fourth-order valence-electron chi connectivity index (χ4n) is 2.64. The molecule has 1 saturated heterocycles. The summed E-state index contributed by atoms with van der Waals surface area (Å²) in [7, 11) is 0. The first kappa shape index (κ1) is 18.4. The summed E-state index contributed by atoms with van der Waals surface area (Å²) in [5.74, 6) is -0.625. The molecule has 6 heteroatoms. The van der Waals surface area contributed by atoms with Crippen LogP contribution < -0.4 is 5.73 Å². The van der Waals surface area contributed by atoms with Gasteiger partial charge in [0, 0.05) is 43.9 Å². The van der Waals surface area contributed by atoms with Crippen LogP contribution in [0, 0.1) is 5.41 Å². The second-order valence-electron chi connectivity index (χ2n) is 7.42. The number of aliphatic hydroxyl groups is 1. The van der Waals surface area contributed by atoms with Crippen LogP contribution in [0.1, 0.15) is 41.5 Å². The molecule has 2 amide bonds. The van der Waals surface area contributed by atoms with Crippen molar-refractivity contribution in [2.75, 3.05) is 32.7 Å². The van der Waals surface area contributed by atoms with Gasteiger partial charge in [0.25, 0.3) is 5.91 Å². The molecule has 0 aromatic heterocycles. The number of piperazine rings is 1. The van der Waals surface area contributed by atoms with Gasteiger partial charge in [0.1, 0.15) is 0 Å². The van der Waals surface area contributed by atoms with Gasteiger partial charge in [-0.25, -0.2) is 0 Å². The maximum absolute atomic E-state index is 12.6. The van der Waals surface area contributed by atoms with Gasteiger partial charge < -0.3 is 15.7 Å². The maximum atomic E-state index is 12.6. The zero-order valence-electron chi connectivity index (χ0n) is 14.7. The lowest BCUT2D eigenvalue weighted by atomic mass is 9.89. The molecule has 1 aromatic rings. The van der Waals surface area contributed by atoms with E-state index in [0.717, 1.165) is 13.1 Å². The van der Waals surface area contributed by atoms with E-state index in [0.29, 0.717) is 30.8 Å². The highest BCUT2D eigenvalue weighted by Gasteiger charge is 2.28. The SMILES string of the molecule is CC(C)(C)[C@H](O)CN1CCN(C(=O)c2cccc(C(N)=O)c2)CC1. The van der Waals surface area contributed by atoms with E-state index in [1.807, 2.05) is 20.8 Å². The number of nitrogens with zero attached hydrogens (tertiary/aromatic N) is 2. The normalized spacial score (nSPS) is 17.6. The van der Waals surface area contributed by atoms with Crippen molar-refractivity contribution in [2.24, 2.45) is 11.1 Å². The van der Waals surface area contributed by atoms with Crippen LogP contribution in [0.15, 0.2) is 24.3 Å². The Morgan fingerprint density at radius 2 is 1.75 bits per heavy atom. The van der Waals surface area contributed by atoms with Gasteiger partial charge in [-0.15, -0.1) is 0 Å². The molecule has 1 aliphatic rings. The number of amides is 2. The van der Waals surface area contributed by atoms with Crippen molar-refractivity contribution in [3.63, 3.8) is 0 Å². The van der Waals surface area contributed by atoms with Gasteiger partial charge in [-0.1, -0.05) is 26.8 Å². The zero-order chi connectivity index (χ0) is 17.9. The molecule has 1 aliphatic heterocycles. The third-order valence-electron chi connectivity index (χ3n) is 4.48. The van der Waals surface area contributed by atoms with Crippen molar-refractivity contribution in [3.8, 4) is 0 Å². The summed E-state index contributed by atoms with van der Waals surface area (Å²) in [5, 5.41) is 10.2. The average Bonchev–Trinajstić information content (AvgIpc) is 2.54. The van der Waals surface area contributed by atoms with Crippen LogP contribution in [-0.4, -0.2) is 65.5 Å². The van der Waals surface area contributed by atoms with E-state index >= 15 is 0 Å². The van der Waals surface area contributed by atoms with Crippen molar-refractivity contribution in [3.05, 3.63) is 35.4 Å². The first-order valence-corrected chi connectivity index (χ1v) is 8.28. The third-order valence-corrected chi connectivity index (χ3v) is 4.48. The molecule has 1 aromatic carbocycles. The molecule has 6 nitrogen and oxygen atoms in total. The van der Waals surface area contributed by atoms with E-state index < -0.39 is 12.0 Å². The molecule has 0 bridgehead atoms. The van der Waals surface area contributed by atoms with Crippen molar-refractivity contribution in [1.29, 1.82) is 0 Å². The Labute approximate surface area is 143 Å². The quantitative estimate of drug-likeness (QED) is 0.859. The summed E-state index contributed by atoms with van der Waals surface area (Å²) >= 11 is 0. The second kappa shape index (κ2) is 7.32. The van der Waals surface area contributed by atoms with Gasteiger partial charge in [0.15, 0.2) is 0 Å². The highest BCUT2D eigenvalue weighted by Crippen LogP contribution is 2.20. The topological polar surface area (TPSA) is 86.9 Å². The summed E-state index contributed by atoms with van der Waals surface area (Å²) in [5.41, 5.74) is 5.94. The fourth-order valence-corrected chi connectivity index (χ4v) is 2.64. The lowest BCUT2D eigenvalue weighted by molar-refractivity contribution is 0.0137. The second-order valence-corrected chi connectivity index (χ2v) is 7.42. The molecule has 2 rings (SSSR count). The molecule has 0 radical (unpaired) electrons. The first-order chi connectivity index (χ1) is 11.2. The number of carbonyl (C=O) groups excluding carboxylic acids is 2. The van der Waals surface area contributed by atoms with Gasteiger partial charge in [-0.05, 0) is 23.6 Å². The average molecular weight is 333 g/mol. The van der Waals surface area contributed by atoms with Crippen molar-refractivity contribution >= 4 is 11.8 Å². The molecule has 0 unspecified atom stereocenters. The number of aliphatic hydroxyl groups excluding tert-OH is 1. The highest BCUT2D eigenvalue weighted by atomic mass is 16.3. The number of hydrogen-bond donors (Lipinski definition) is 2. The number of carbonyl (C=O) groups is 2. The number of primary amides is 1. The van der Waals surface area contributed by atoms with Crippen LogP contribution in [0.4, 0.5) is 0 Å². The number of benzene rings is 1. The Balaban J connectivity index is 1.93. The molecule has 1 fully saturated rings. The predicted octanol–water partition coefficient (Wildman–Crippen LogP) is 0.950. The Morgan fingerprint density at radius 3 is 2.29 bits per heavy atom. The van der Waals surface area contributed by atoms with Gasteiger partial charge in [0.2, 0.25) is 5.91 Å². The van der Waals surface area contributed by atoms with E-state index in [2.05, 4.69) is 4.90 Å². The molecule has 24 heavy (non-hydrogen) atoms. The minimum atomic E-state index is -0.536. The molecule has 3 N–H and O–H groups in total. The minimum absolute atomic E-state index is 0.0888. The van der Waals surface area contributed by atoms with E-state index in [1.54, 1.807) is 29.2 Å². The monoisotopic (exact) mass is 333 g/mol. The number of β-amino-alcohol motifs (C(OH)–C–C–N with tert-alkyl or cyclic N) is 1. The molecule has 0 saturated carbocycles. The van der Waals surface area contributed by atoms with Gasteiger partial charge in [-0.2, -0.15) is 0 Å². The van der Waals surface area contributed by atoms with Gasteiger partial charge >= 0.3 is 0 Å². The van der Waals surface area contributed by atoms with Crippen molar-refractivity contribution < 1.29 is 14.7 Å². The molecule has 0 aliphatic carbocycles. The van der Waals surface area contributed by atoms with Crippen LogP contribution in [0.2, 0.25) is 0 Å². The smallest absolute Gasteiger partial charge is 0.253 e. The van der Waals surface area contributed by atoms with Crippen LogP contribution in [-0.2, 0) is 0 Å². The molecule has 1 atom stereocenters. The lowest BCUT2D eigenvalue weighted by Gasteiger charge is -2.38. The highest BCUT2D eigenvalue weighted by molar-refractivity contribution is 5.99. The molecular weight excluding hydrogens is 306 g/mol. The Morgan fingerprint density at radius 1 is 1.17 bits per heavy atom. The van der Waals surface area contributed by atoms with Crippen molar-refractivity contribution in [1.82, 2.24) is 9.80 Å². The van der Waals surface area contributed by atoms with Gasteiger partial charge in [0.05, 0.1) is 6.10 Å². The van der Waals surface area contributed by atoms with Crippen LogP contribution in [0.3, 0.4) is 0 Å². The molecule has 1 heterocycles. The van der Waals surface area contributed by atoms with E-state index in [-0.39, 0.29) is 11.3 Å². The zero-order valence-corrected chi connectivity index (χ0v) is 14.7. The molecular formula is C18H27N3O3. The van der Waals surface area contributed by atoms with E-state index in [1.165, 1.54) is 0 Å². The van der Waals surface area contributed by atoms with E-state index in [4.69, 9.17) is 5.73 Å². The predicted molar refractivity (Wildman–Crippen MR) is 92.8 cm³/mol. The number of nitrogens with two attached hydrogens (primary N) is 1. The first-order valence-electron chi connectivity index (χ1n) is 8.28. The standard InChI is InChI=1S/C18H27N3O3/c1-18(2,3)15(22)12-20-7-9-21(10-8-20)17(24)14-6-4-5-13(11-14)16(19)23/h4-6,11,15,22H,7-10,12H2,1-3H3,(H2,19,23)/t15-/m1/s1. The van der Waals surface area contributed by atoms with Crippen LogP contribution in [0.5, 0.6) is 0 Å².